The summed E-state index contributed by atoms with van der Waals surface area (Å²) in [7, 11) is 0. The lowest BCUT2D eigenvalue weighted by Gasteiger charge is -2.22. The molecule has 1 fully saturated rings. The van der Waals surface area contributed by atoms with E-state index in [-0.39, 0.29) is 18.2 Å². The molecule has 0 saturated heterocycles. The molecule has 2 amide bonds. The number of pyridine rings is 1. The van der Waals surface area contributed by atoms with Gasteiger partial charge in [0.2, 0.25) is 11.8 Å². The van der Waals surface area contributed by atoms with Gasteiger partial charge in [0, 0.05) is 31.0 Å². The zero-order valence-electron chi connectivity index (χ0n) is 11.4. The van der Waals surface area contributed by atoms with Gasteiger partial charge in [-0.05, 0) is 25.0 Å². The van der Waals surface area contributed by atoms with E-state index in [0.29, 0.717) is 12.2 Å². The third kappa shape index (κ3) is 3.77. The molecule has 0 radical (unpaired) electrons. The van der Waals surface area contributed by atoms with Crippen LogP contribution in [0.15, 0.2) is 24.5 Å². The van der Waals surface area contributed by atoms with Gasteiger partial charge in [-0.25, -0.2) is 0 Å². The molecule has 108 valence electrons. The maximum Gasteiger partial charge on any atom is 0.240 e. The fraction of sp³-hybridized carbons (Fsp3) is 0.500. The molecule has 6 nitrogen and oxygen atoms in total. The average molecular weight is 276 g/mol. The van der Waals surface area contributed by atoms with Gasteiger partial charge in [-0.1, -0.05) is 12.8 Å². The summed E-state index contributed by atoms with van der Waals surface area (Å²) in [5, 5.41) is 5.48. The Balaban J connectivity index is 1.70. The number of hydrogen-bond acceptors (Lipinski definition) is 4. The minimum absolute atomic E-state index is 0.144. The third-order valence-electron chi connectivity index (χ3n) is 3.55. The first-order chi connectivity index (χ1) is 9.60. The molecule has 1 aromatic rings. The SMILES string of the molecule is NC1(C(=O)NCCC(=O)Nc2ccncc2)CCCC1. The standard InChI is InChI=1S/C14H20N4O2/c15-14(6-1-2-7-14)13(20)17-10-5-12(19)18-11-3-8-16-9-4-11/h3-4,8-9H,1-2,5-7,10,15H2,(H,17,20)(H,16,18,19). The lowest BCUT2D eigenvalue weighted by Crippen LogP contribution is -2.52. The molecular weight excluding hydrogens is 256 g/mol. The summed E-state index contributed by atoms with van der Waals surface area (Å²) in [4.78, 5) is 27.5. The summed E-state index contributed by atoms with van der Waals surface area (Å²) in [6.07, 6.45) is 6.87. The van der Waals surface area contributed by atoms with E-state index in [1.165, 1.54) is 0 Å². The molecule has 1 aliphatic carbocycles. The second kappa shape index (κ2) is 6.47. The number of carbonyl (C=O) groups excluding carboxylic acids is 2. The maximum atomic E-state index is 11.9. The van der Waals surface area contributed by atoms with Gasteiger partial charge in [-0.15, -0.1) is 0 Å². The normalized spacial score (nSPS) is 16.6. The Morgan fingerprint density at radius 3 is 2.55 bits per heavy atom. The van der Waals surface area contributed by atoms with Gasteiger partial charge >= 0.3 is 0 Å². The summed E-state index contributed by atoms with van der Waals surface area (Å²) in [5.41, 5.74) is 5.99. The van der Waals surface area contributed by atoms with Gasteiger partial charge in [0.25, 0.3) is 0 Å². The lowest BCUT2D eigenvalue weighted by molar-refractivity contribution is -0.126. The fourth-order valence-corrected chi connectivity index (χ4v) is 2.36. The van der Waals surface area contributed by atoms with Crippen molar-refractivity contribution in [2.75, 3.05) is 11.9 Å². The number of aromatic nitrogens is 1. The Hall–Kier alpha value is -1.95. The van der Waals surface area contributed by atoms with E-state index in [4.69, 9.17) is 5.73 Å². The van der Waals surface area contributed by atoms with Crippen LogP contribution in [-0.4, -0.2) is 28.9 Å². The minimum Gasteiger partial charge on any atom is -0.354 e. The predicted molar refractivity (Wildman–Crippen MR) is 75.9 cm³/mol. The largest absolute Gasteiger partial charge is 0.354 e. The smallest absolute Gasteiger partial charge is 0.240 e. The number of nitrogens with two attached hydrogens (primary N) is 1. The van der Waals surface area contributed by atoms with E-state index < -0.39 is 5.54 Å². The first-order valence-electron chi connectivity index (χ1n) is 6.87. The molecule has 1 aliphatic rings. The Bertz CT molecular complexity index is 469. The van der Waals surface area contributed by atoms with Crippen LogP contribution >= 0.6 is 0 Å². The number of hydrogen-bond donors (Lipinski definition) is 3. The number of carbonyl (C=O) groups is 2. The first-order valence-corrected chi connectivity index (χ1v) is 6.87. The second-order valence-electron chi connectivity index (χ2n) is 5.15. The minimum atomic E-state index is -0.735. The number of rotatable bonds is 5. The summed E-state index contributed by atoms with van der Waals surface area (Å²) in [6.45, 7) is 0.300. The van der Waals surface area contributed by atoms with Crippen LogP contribution < -0.4 is 16.4 Å². The number of nitrogens with one attached hydrogen (secondary N) is 2. The fourth-order valence-electron chi connectivity index (χ4n) is 2.36. The lowest BCUT2D eigenvalue weighted by atomic mass is 9.98. The first kappa shape index (κ1) is 14.5. The Morgan fingerprint density at radius 2 is 1.90 bits per heavy atom. The van der Waals surface area contributed by atoms with Crippen LogP contribution in [0.4, 0.5) is 5.69 Å². The molecule has 20 heavy (non-hydrogen) atoms. The van der Waals surface area contributed by atoms with Gasteiger partial charge in [0.1, 0.15) is 0 Å². The van der Waals surface area contributed by atoms with E-state index in [1.807, 2.05) is 0 Å². The van der Waals surface area contributed by atoms with Crippen molar-refractivity contribution in [3.05, 3.63) is 24.5 Å². The van der Waals surface area contributed by atoms with Gasteiger partial charge in [-0.2, -0.15) is 0 Å². The van der Waals surface area contributed by atoms with Crippen molar-refractivity contribution in [3.8, 4) is 0 Å². The molecule has 0 aromatic carbocycles. The number of amides is 2. The van der Waals surface area contributed by atoms with E-state index in [1.54, 1.807) is 24.5 Å². The molecule has 1 saturated carbocycles. The highest BCUT2D eigenvalue weighted by Crippen LogP contribution is 2.27. The molecule has 0 bridgehead atoms. The van der Waals surface area contributed by atoms with Crippen molar-refractivity contribution in [3.63, 3.8) is 0 Å². The van der Waals surface area contributed by atoms with Crippen LogP contribution in [0.5, 0.6) is 0 Å². The second-order valence-corrected chi connectivity index (χ2v) is 5.15. The van der Waals surface area contributed by atoms with E-state index >= 15 is 0 Å². The van der Waals surface area contributed by atoms with Crippen LogP contribution in [0.1, 0.15) is 32.1 Å². The predicted octanol–water partition coefficient (Wildman–Crippen LogP) is 0.798. The topological polar surface area (TPSA) is 97.1 Å². The number of anilines is 1. The van der Waals surface area contributed by atoms with Gasteiger partial charge in [0.05, 0.1) is 5.54 Å². The molecule has 0 spiro atoms. The van der Waals surface area contributed by atoms with Crippen molar-refractivity contribution < 1.29 is 9.59 Å². The van der Waals surface area contributed by atoms with Crippen LogP contribution in [-0.2, 0) is 9.59 Å². The number of nitrogens with zero attached hydrogens (tertiary/aromatic N) is 1. The van der Waals surface area contributed by atoms with Crippen LogP contribution in [0.2, 0.25) is 0 Å². The van der Waals surface area contributed by atoms with Crippen LogP contribution in [0.25, 0.3) is 0 Å². The molecule has 1 heterocycles. The zero-order chi connectivity index (χ0) is 14.4. The summed E-state index contributed by atoms with van der Waals surface area (Å²) < 4.78 is 0. The Labute approximate surface area is 118 Å². The maximum absolute atomic E-state index is 11.9. The van der Waals surface area contributed by atoms with E-state index in [0.717, 1.165) is 25.7 Å². The van der Waals surface area contributed by atoms with Crippen LogP contribution in [0.3, 0.4) is 0 Å². The summed E-state index contributed by atoms with van der Waals surface area (Å²) in [5.74, 6) is -0.291. The Morgan fingerprint density at radius 1 is 1.25 bits per heavy atom. The summed E-state index contributed by atoms with van der Waals surface area (Å²) in [6, 6.07) is 3.42. The third-order valence-corrected chi connectivity index (χ3v) is 3.55. The van der Waals surface area contributed by atoms with E-state index in [2.05, 4.69) is 15.6 Å². The van der Waals surface area contributed by atoms with E-state index in [9.17, 15) is 9.59 Å². The molecule has 0 unspecified atom stereocenters. The highest BCUT2D eigenvalue weighted by atomic mass is 16.2. The molecular formula is C14H20N4O2. The van der Waals surface area contributed by atoms with Crippen molar-refractivity contribution in [2.45, 2.75) is 37.6 Å². The van der Waals surface area contributed by atoms with Gasteiger partial charge in [0.15, 0.2) is 0 Å². The van der Waals surface area contributed by atoms with Crippen LogP contribution in [0, 0.1) is 0 Å². The van der Waals surface area contributed by atoms with Gasteiger partial charge in [-0.3, -0.25) is 14.6 Å². The molecule has 6 heteroatoms. The van der Waals surface area contributed by atoms with Gasteiger partial charge < -0.3 is 16.4 Å². The van der Waals surface area contributed by atoms with Crippen molar-refractivity contribution >= 4 is 17.5 Å². The average Bonchev–Trinajstić information content (AvgIpc) is 2.88. The van der Waals surface area contributed by atoms with Crippen molar-refractivity contribution in [1.29, 1.82) is 0 Å². The molecule has 0 atom stereocenters. The van der Waals surface area contributed by atoms with Crippen molar-refractivity contribution in [2.24, 2.45) is 5.73 Å². The van der Waals surface area contributed by atoms with Crippen molar-refractivity contribution in [1.82, 2.24) is 10.3 Å². The molecule has 1 aromatic heterocycles. The summed E-state index contributed by atoms with van der Waals surface area (Å²) >= 11 is 0. The zero-order valence-corrected chi connectivity index (χ0v) is 11.4. The highest BCUT2D eigenvalue weighted by molar-refractivity contribution is 5.91. The molecule has 4 N–H and O–H groups in total. The highest BCUT2D eigenvalue weighted by Gasteiger charge is 2.36. The Kier molecular flexibility index (Phi) is 4.68. The molecule has 2 rings (SSSR count). The molecule has 0 aliphatic heterocycles. The monoisotopic (exact) mass is 276 g/mol. The quantitative estimate of drug-likeness (QED) is 0.741.